The first-order chi connectivity index (χ1) is 9.47. The summed E-state index contributed by atoms with van der Waals surface area (Å²) in [5, 5.41) is 2.60. The van der Waals surface area contributed by atoms with Crippen molar-refractivity contribution in [2.45, 2.75) is 26.2 Å². The number of rotatable bonds is 4. The number of piperidine rings is 1. The van der Waals surface area contributed by atoms with Crippen LogP contribution in [0.2, 0.25) is 0 Å². The van der Waals surface area contributed by atoms with Crippen molar-refractivity contribution in [2.75, 3.05) is 18.4 Å². The minimum absolute atomic E-state index is 0.181. The van der Waals surface area contributed by atoms with Gasteiger partial charge in [0, 0.05) is 25.7 Å². The molecule has 1 N–H and O–H groups in total. The molecule has 1 aliphatic rings. The second-order valence-corrected chi connectivity index (χ2v) is 6.24. The molecule has 0 spiro atoms. The molecule has 0 unspecified atom stereocenters. The predicted octanol–water partition coefficient (Wildman–Crippen LogP) is 1.75. The molecule has 0 aliphatic carbocycles. The van der Waals surface area contributed by atoms with Gasteiger partial charge in [0.2, 0.25) is 5.91 Å². The molecule has 7 heteroatoms. The Hall–Kier alpha value is -1.60. The lowest BCUT2D eigenvalue weighted by atomic mass is 10.2. The normalized spacial score (nSPS) is 16.6. The highest BCUT2D eigenvalue weighted by Crippen LogP contribution is 2.20. The Morgan fingerprint density at radius 1 is 1.15 bits per heavy atom. The van der Waals surface area contributed by atoms with Crippen LogP contribution in [0.3, 0.4) is 0 Å². The number of amides is 1. The smallest absolute Gasteiger partial charge is 0.371 e. The molecule has 110 valence electrons. The van der Waals surface area contributed by atoms with Gasteiger partial charge in [0.15, 0.2) is 0 Å². The predicted molar refractivity (Wildman–Crippen MR) is 75.7 cm³/mol. The molecule has 1 aromatic carbocycles. The summed E-state index contributed by atoms with van der Waals surface area (Å²) in [6.45, 7) is 2.42. The van der Waals surface area contributed by atoms with Gasteiger partial charge in [-0.2, -0.15) is 12.7 Å². The van der Waals surface area contributed by atoms with Crippen LogP contribution >= 0.6 is 0 Å². The van der Waals surface area contributed by atoms with Crippen molar-refractivity contribution in [3.05, 3.63) is 24.3 Å². The number of hydrogen-bond donors (Lipinski definition) is 1. The first-order valence-corrected chi connectivity index (χ1v) is 7.91. The summed E-state index contributed by atoms with van der Waals surface area (Å²) >= 11 is 0. The molecule has 1 aliphatic heterocycles. The third kappa shape index (κ3) is 3.94. The highest BCUT2D eigenvalue weighted by Gasteiger charge is 2.25. The fourth-order valence-corrected chi connectivity index (χ4v) is 3.23. The molecular weight excluding hydrogens is 280 g/mol. The van der Waals surface area contributed by atoms with Crippen molar-refractivity contribution in [1.29, 1.82) is 0 Å². The molecular formula is C13H18N2O4S. The van der Waals surface area contributed by atoms with Gasteiger partial charge < -0.3 is 9.50 Å². The maximum absolute atomic E-state index is 12.1. The first-order valence-electron chi connectivity index (χ1n) is 6.54. The molecule has 0 saturated carbocycles. The third-order valence-corrected chi connectivity index (χ3v) is 4.41. The van der Waals surface area contributed by atoms with Gasteiger partial charge in [-0.3, -0.25) is 4.79 Å². The van der Waals surface area contributed by atoms with Gasteiger partial charge in [0.25, 0.3) is 0 Å². The quantitative estimate of drug-likeness (QED) is 0.919. The van der Waals surface area contributed by atoms with Crippen LogP contribution in [0.4, 0.5) is 5.69 Å². The topological polar surface area (TPSA) is 75.7 Å². The molecule has 6 nitrogen and oxygen atoms in total. The second-order valence-electron chi connectivity index (χ2n) is 4.71. The molecule has 2 rings (SSSR count). The standard InChI is InChI=1S/C13H18N2O4S/c1-11(16)14-12-5-7-13(8-6-12)19-20(17,18)15-9-3-2-4-10-15/h5-8H,2-4,9-10H2,1H3,(H,14,16). The van der Waals surface area contributed by atoms with Crippen LogP contribution in [-0.2, 0) is 15.1 Å². The van der Waals surface area contributed by atoms with E-state index < -0.39 is 10.3 Å². The molecule has 1 fully saturated rings. The average molecular weight is 298 g/mol. The summed E-state index contributed by atoms with van der Waals surface area (Å²) in [5.41, 5.74) is 0.597. The summed E-state index contributed by atoms with van der Waals surface area (Å²) in [7, 11) is -3.73. The Morgan fingerprint density at radius 3 is 2.30 bits per heavy atom. The molecule has 0 aromatic heterocycles. The van der Waals surface area contributed by atoms with E-state index in [4.69, 9.17) is 4.18 Å². The van der Waals surface area contributed by atoms with Crippen LogP contribution in [0.5, 0.6) is 5.75 Å². The Kier molecular flexibility index (Phi) is 4.61. The Balaban J connectivity index is 2.03. The minimum Gasteiger partial charge on any atom is -0.371 e. The van der Waals surface area contributed by atoms with E-state index in [-0.39, 0.29) is 11.7 Å². The number of anilines is 1. The summed E-state index contributed by atoms with van der Waals surface area (Å²) in [4.78, 5) is 10.9. The number of nitrogens with zero attached hydrogens (tertiary/aromatic N) is 1. The van der Waals surface area contributed by atoms with Gasteiger partial charge >= 0.3 is 10.3 Å². The molecule has 1 aromatic rings. The molecule has 20 heavy (non-hydrogen) atoms. The van der Waals surface area contributed by atoms with Crippen molar-refractivity contribution in [3.8, 4) is 5.75 Å². The Bertz CT molecular complexity index is 563. The fourth-order valence-electron chi connectivity index (χ4n) is 2.06. The van der Waals surface area contributed by atoms with E-state index in [1.165, 1.54) is 23.4 Å². The second kappa shape index (κ2) is 6.23. The third-order valence-electron chi connectivity index (χ3n) is 3.01. The van der Waals surface area contributed by atoms with E-state index in [0.717, 1.165) is 19.3 Å². The largest absolute Gasteiger partial charge is 0.385 e. The van der Waals surface area contributed by atoms with Gasteiger partial charge in [-0.25, -0.2) is 0 Å². The van der Waals surface area contributed by atoms with Gasteiger partial charge in [-0.15, -0.1) is 0 Å². The minimum atomic E-state index is -3.73. The van der Waals surface area contributed by atoms with Crippen molar-refractivity contribution in [3.63, 3.8) is 0 Å². The molecule has 1 amide bonds. The average Bonchev–Trinajstić information content (AvgIpc) is 2.41. The zero-order valence-electron chi connectivity index (χ0n) is 11.3. The van der Waals surface area contributed by atoms with Crippen molar-refractivity contribution >= 4 is 21.9 Å². The molecule has 0 bridgehead atoms. The van der Waals surface area contributed by atoms with E-state index in [1.54, 1.807) is 12.1 Å². The van der Waals surface area contributed by atoms with E-state index in [2.05, 4.69) is 5.32 Å². The van der Waals surface area contributed by atoms with Crippen LogP contribution in [0.1, 0.15) is 26.2 Å². The SMILES string of the molecule is CC(=O)Nc1ccc(OS(=O)(=O)N2CCCCC2)cc1. The molecule has 1 heterocycles. The van der Waals surface area contributed by atoms with Gasteiger partial charge in [-0.1, -0.05) is 6.42 Å². The lowest BCUT2D eigenvalue weighted by molar-refractivity contribution is -0.114. The monoisotopic (exact) mass is 298 g/mol. The van der Waals surface area contributed by atoms with E-state index in [9.17, 15) is 13.2 Å². The highest BCUT2D eigenvalue weighted by molar-refractivity contribution is 7.84. The number of benzene rings is 1. The summed E-state index contributed by atoms with van der Waals surface area (Å²) in [5.74, 6) is 0.0595. The maximum atomic E-state index is 12.1. The van der Waals surface area contributed by atoms with Crippen molar-refractivity contribution in [2.24, 2.45) is 0 Å². The number of carbonyl (C=O) groups excluding carboxylic acids is 1. The Morgan fingerprint density at radius 2 is 1.75 bits per heavy atom. The Labute approximate surface area is 119 Å². The van der Waals surface area contributed by atoms with Gasteiger partial charge in [0.05, 0.1) is 0 Å². The zero-order valence-corrected chi connectivity index (χ0v) is 12.1. The van der Waals surface area contributed by atoms with Crippen molar-refractivity contribution in [1.82, 2.24) is 4.31 Å². The van der Waals surface area contributed by atoms with Crippen LogP contribution < -0.4 is 9.50 Å². The van der Waals surface area contributed by atoms with Crippen LogP contribution in [0.25, 0.3) is 0 Å². The maximum Gasteiger partial charge on any atom is 0.385 e. The number of carbonyl (C=O) groups is 1. The van der Waals surface area contributed by atoms with Gasteiger partial charge in [0.1, 0.15) is 5.75 Å². The molecule has 0 radical (unpaired) electrons. The summed E-state index contributed by atoms with van der Waals surface area (Å²) in [6.07, 6.45) is 2.78. The van der Waals surface area contributed by atoms with E-state index in [0.29, 0.717) is 18.8 Å². The molecule has 0 atom stereocenters. The zero-order chi connectivity index (χ0) is 14.6. The summed E-state index contributed by atoms with van der Waals surface area (Å²) < 4.78 is 30.5. The van der Waals surface area contributed by atoms with E-state index in [1.807, 2.05) is 0 Å². The van der Waals surface area contributed by atoms with Gasteiger partial charge in [-0.05, 0) is 37.1 Å². The summed E-state index contributed by atoms with van der Waals surface area (Å²) in [6, 6.07) is 6.24. The lowest BCUT2D eigenvalue weighted by Gasteiger charge is -2.25. The fraction of sp³-hybridized carbons (Fsp3) is 0.462. The lowest BCUT2D eigenvalue weighted by Crippen LogP contribution is -2.38. The van der Waals surface area contributed by atoms with E-state index >= 15 is 0 Å². The van der Waals surface area contributed by atoms with Crippen LogP contribution in [-0.4, -0.2) is 31.7 Å². The van der Waals surface area contributed by atoms with Crippen LogP contribution in [0, 0.1) is 0 Å². The first kappa shape index (κ1) is 14.8. The van der Waals surface area contributed by atoms with Crippen molar-refractivity contribution < 1.29 is 17.4 Å². The number of hydrogen-bond acceptors (Lipinski definition) is 4. The van der Waals surface area contributed by atoms with Crippen LogP contribution in [0.15, 0.2) is 24.3 Å². The highest BCUT2D eigenvalue weighted by atomic mass is 32.2. The molecule has 1 saturated heterocycles. The number of nitrogens with one attached hydrogen (secondary N) is 1.